The topological polar surface area (TPSA) is 61.4 Å². The van der Waals surface area contributed by atoms with Crippen LogP contribution < -0.4 is 10.6 Å². The highest BCUT2D eigenvalue weighted by Gasteiger charge is 2.15. The molecule has 3 N–H and O–H groups in total. The Balaban J connectivity index is 2.05. The van der Waals surface area contributed by atoms with Crippen LogP contribution in [-0.4, -0.2) is 47.8 Å². The third-order valence-electron chi connectivity index (χ3n) is 2.74. The molecule has 1 aliphatic heterocycles. The fourth-order valence-corrected chi connectivity index (χ4v) is 2.64. The van der Waals surface area contributed by atoms with Gasteiger partial charge in [-0.3, -0.25) is 4.79 Å². The summed E-state index contributed by atoms with van der Waals surface area (Å²) in [5, 5.41) is 16.0. The lowest BCUT2D eigenvalue weighted by Gasteiger charge is -2.21. The number of carbonyl (C=O) groups is 1. The van der Waals surface area contributed by atoms with E-state index in [0.29, 0.717) is 24.0 Å². The number of nitrogens with one attached hydrogen (secondary N) is 2. The van der Waals surface area contributed by atoms with E-state index in [1.807, 2.05) is 6.92 Å². The molecular formula is C11H22N2O2S. The summed E-state index contributed by atoms with van der Waals surface area (Å²) in [6.07, 6.45) is 2.57. The molecule has 0 aromatic rings. The summed E-state index contributed by atoms with van der Waals surface area (Å²) in [6.45, 7) is 4.41. The maximum Gasteiger partial charge on any atom is 0.230 e. The lowest BCUT2D eigenvalue weighted by atomic mass is 10.2. The zero-order valence-electron chi connectivity index (χ0n) is 9.87. The van der Waals surface area contributed by atoms with Crippen LogP contribution >= 0.6 is 11.8 Å². The maximum absolute atomic E-state index is 11.4. The second-order valence-electron chi connectivity index (χ2n) is 4.13. The largest absolute Gasteiger partial charge is 0.391 e. The van der Waals surface area contributed by atoms with Gasteiger partial charge in [0.15, 0.2) is 0 Å². The summed E-state index contributed by atoms with van der Waals surface area (Å²) in [5.41, 5.74) is 0. The molecule has 94 valence electrons. The van der Waals surface area contributed by atoms with Crippen molar-refractivity contribution in [3.05, 3.63) is 0 Å². The summed E-state index contributed by atoms with van der Waals surface area (Å²) in [4.78, 5) is 11.4. The van der Waals surface area contributed by atoms with Gasteiger partial charge >= 0.3 is 0 Å². The van der Waals surface area contributed by atoms with Crippen LogP contribution in [0.3, 0.4) is 0 Å². The predicted molar refractivity (Wildman–Crippen MR) is 67.7 cm³/mol. The highest BCUT2D eigenvalue weighted by molar-refractivity contribution is 8.00. The maximum atomic E-state index is 11.4. The van der Waals surface area contributed by atoms with Crippen molar-refractivity contribution in [2.24, 2.45) is 0 Å². The Morgan fingerprint density at radius 3 is 2.88 bits per heavy atom. The summed E-state index contributed by atoms with van der Waals surface area (Å²) >= 11 is 1.73. The van der Waals surface area contributed by atoms with Gasteiger partial charge in [-0.1, -0.05) is 6.92 Å². The highest BCUT2D eigenvalue weighted by Crippen LogP contribution is 2.19. The van der Waals surface area contributed by atoms with Crippen LogP contribution in [0.4, 0.5) is 0 Å². The van der Waals surface area contributed by atoms with E-state index in [4.69, 9.17) is 0 Å². The second kappa shape index (κ2) is 7.92. The number of hydrogen-bond acceptors (Lipinski definition) is 4. The van der Waals surface area contributed by atoms with Crippen LogP contribution in [-0.2, 0) is 4.79 Å². The SMILES string of the molecule is CCC(O)CNC(=O)CSC1CCNCC1. The number of amides is 1. The summed E-state index contributed by atoms with van der Waals surface area (Å²) in [6, 6.07) is 0. The molecule has 1 heterocycles. The number of hydrogen-bond donors (Lipinski definition) is 3. The zero-order valence-corrected chi connectivity index (χ0v) is 10.7. The minimum Gasteiger partial charge on any atom is -0.391 e. The van der Waals surface area contributed by atoms with Gasteiger partial charge in [0, 0.05) is 11.8 Å². The minimum atomic E-state index is -0.409. The molecule has 16 heavy (non-hydrogen) atoms. The van der Waals surface area contributed by atoms with Crippen molar-refractivity contribution in [1.29, 1.82) is 0 Å². The van der Waals surface area contributed by atoms with Gasteiger partial charge in [0.05, 0.1) is 11.9 Å². The van der Waals surface area contributed by atoms with Gasteiger partial charge in [-0.15, -0.1) is 11.8 Å². The summed E-state index contributed by atoms with van der Waals surface area (Å²) in [7, 11) is 0. The lowest BCUT2D eigenvalue weighted by molar-refractivity contribution is -0.119. The monoisotopic (exact) mass is 246 g/mol. The van der Waals surface area contributed by atoms with Gasteiger partial charge in [0.1, 0.15) is 0 Å². The minimum absolute atomic E-state index is 0.0380. The molecular weight excluding hydrogens is 224 g/mol. The van der Waals surface area contributed by atoms with Crippen LogP contribution in [0, 0.1) is 0 Å². The molecule has 1 aliphatic rings. The Morgan fingerprint density at radius 2 is 2.25 bits per heavy atom. The molecule has 1 saturated heterocycles. The van der Waals surface area contributed by atoms with E-state index < -0.39 is 6.10 Å². The molecule has 5 heteroatoms. The first-order valence-electron chi connectivity index (χ1n) is 5.99. The first kappa shape index (κ1) is 13.8. The Bertz CT molecular complexity index is 208. The van der Waals surface area contributed by atoms with Crippen molar-refractivity contribution >= 4 is 17.7 Å². The van der Waals surface area contributed by atoms with Gasteiger partial charge in [-0.25, -0.2) is 0 Å². The highest BCUT2D eigenvalue weighted by atomic mass is 32.2. The molecule has 4 nitrogen and oxygen atoms in total. The number of rotatable bonds is 6. The van der Waals surface area contributed by atoms with Crippen LogP contribution in [0.15, 0.2) is 0 Å². The van der Waals surface area contributed by atoms with Gasteiger partial charge in [-0.05, 0) is 32.4 Å². The van der Waals surface area contributed by atoms with E-state index in [2.05, 4.69) is 10.6 Å². The van der Waals surface area contributed by atoms with E-state index in [1.54, 1.807) is 11.8 Å². The standard InChI is InChI=1S/C11H22N2O2S/c1-2-9(14)7-13-11(15)8-16-10-3-5-12-6-4-10/h9-10,12,14H,2-8H2,1H3,(H,13,15). The molecule has 1 fully saturated rings. The Hall–Kier alpha value is -0.260. The number of aliphatic hydroxyl groups is 1. The average molecular weight is 246 g/mol. The summed E-state index contributed by atoms with van der Waals surface area (Å²) < 4.78 is 0. The molecule has 1 rings (SSSR count). The number of piperidine rings is 1. The normalized spacial score (nSPS) is 19.4. The van der Waals surface area contributed by atoms with Gasteiger partial charge < -0.3 is 15.7 Å². The van der Waals surface area contributed by atoms with Crippen LogP contribution in [0.1, 0.15) is 26.2 Å². The molecule has 0 aliphatic carbocycles. The smallest absolute Gasteiger partial charge is 0.230 e. The van der Waals surface area contributed by atoms with Crippen LogP contribution in [0.5, 0.6) is 0 Å². The van der Waals surface area contributed by atoms with Crippen molar-refractivity contribution in [3.8, 4) is 0 Å². The quantitative estimate of drug-likeness (QED) is 0.633. The molecule has 0 spiro atoms. The van der Waals surface area contributed by atoms with Gasteiger partial charge in [-0.2, -0.15) is 0 Å². The lowest BCUT2D eigenvalue weighted by Crippen LogP contribution is -2.34. The average Bonchev–Trinajstić information content (AvgIpc) is 2.34. The molecule has 1 unspecified atom stereocenters. The Kier molecular flexibility index (Phi) is 6.84. The number of carbonyl (C=O) groups excluding carboxylic acids is 1. The second-order valence-corrected chi connectivity index (χ2v) is 5.42. The van der Waals surface area contributed by atoms with Gasteiger partial charge in [0.2, 0.25) is 5.91 Å². The first-order chi connectivity index (χ1) is 7.72. The molecule has 1 amide bonds. The van der Waals surface area contributed by atoms with E-state index in [9.17, 15) is 9.90 Å². The first-order valence-corrected chi connectivity index (χ1v) is 7.04. The summed E-state index contributed by atoms with van der Waals surface area (Å²) in [5.74, 6) is 0.553. The van der Waals surface area contributed by atoms with E-state index in [-0.39, 0.29) is 5.91 Å². The van der Waals surface area contributed by atoms with Crippen molar-refractivity contribution in [3.63, 3.8) is 0 Å². The molecule has 0 aromatic carbocycles. The molecule has 0 radical (unpaired) electrons. The third kappa shape index (κ3) is 5.72. The molecule has 0 bridgehead atoms. The zero-order chi connectivity index (χ0) is 11.8. The van der Waals surface area contributed by atoms with E-state index >= 15 is 0 Å². The Morgan fingerprint density at radius 1 is 1.56 bits per heavy atom. The molecule has 1 atom stereocenters. The Labute approximate surface area is 102 Å². The number of aliphatic hydroxyl groups excluding tert-OH is 1. The van der Waals surface area contributed by atoms with E-state index in [0.717, 1.165) is 25.9 Å². The molecule has 0 aromatic heterocycles. The predicted octanol–water partition coefficient (Wildman–Crippen LogP) is 0.359. The third-order valence-corrected chi connectivity index (χ3v) is 4.11. The van der Waals surface area contributed by atoms with Crippen molar-refractivity contribution < 1.29 is 9.90 Å². The number of thioether (sulfide) groups is 1. The fraction of sp³-hybridized carbons (Fsp3) is 0.909. The van der Waals surface area contributed by atoms with Crippen molar-refractivity contribution in [1.82, 2.24) is 10.6 Å². The van der Waals surface area contributed by atoms with E-state index in [1.165, 1.54) is 0 Å². The molecule has 0 saturated carbocycles. The van der Waals surface area contributed by atoms with Crippen LogP contribution in [0.25, 0.3) is 0 Å². The van der Waals surface area contributed by atoms with Crippen molar-refractivity contribution in [2.45, 2.75) is 37.5 Å². The van der Waals surface area contributed by atoms with Crippen molar-refractivity contribution in [2.75, 3.05) is 25.4 Å². The van der Waals surface area contributed by atoms with Gasteiger partial charge in [0.25, 0.3) is 0 Å². The fourth-order valence-electron chi connectivity index (χ4n) is 1.58. The van der Waals surface area contributed by atoms with Crippen LogP contribution in [0.2, 0.25) is 0 Å².